The second-order valence-corrected chi connectivity index (χ2v) is 10.3. The molecule has 0 amide bonds. The first-order valence-corrected chi connectivity index (χ1v) is 13.1. The molecule has 2 aromatic carbocycles. The summed E-state index contributed by atoms with van der Waals surface area (Å²) in [5.74, 6) is 0.677. The van der Waals surface area contributed by atoms with Crippen LogP contribution in [0.3, 0.4) is 0 Å². The van der Waals surface area contributed by atoms with Gasteiger partial charge in [-0.25, -0.2) is 14.8 Å². The number of aliphatic carboxylic acids is 1. The Balaban J connectivity index is 1.35. The number of hydrogen-bond donors (Lipinski definition) is 2. The number of carboxylic acid groups (broad SMARTS) is 1. The summed E-state index contributed by atoms with van der Waals surface area (Å²) in [5.41, 5.74) is 4.73. The van der Waals surface area contributed by atoms with E-state index in [-0.39, 0.29) is 0 Å². The van der Waals surface area contributed by atoms with Crippen LogP contribution in [0.15, 0.2) is 60.8 Å². The van der Waals surface area contributed by atoms with E-state index in [4.69, 9.17) is 19.8 Å². The summed E-state index contributed by atoms with van der Waals surface area (Å²) in [7, 11) is 2.05. The van der Waals surface area contributed by atoms with Crippen LogP contribution in [0, 0.1) is 0 Å². The second kappa shape index (κ2) is 10.2. The molecule has 0 bridgehead atoms. The monoisotopic (exact) mass is 526 g/mol. The van der Waals surface area contributed by atoms with Crippen LogP contribution in [0.5, 0.6) is 0 Å². The number of hydrogen-bond acceptors (Lipinski definition) is 8. The summed E-state index contributed by atoms with van der Waals surface area (Å²) in [4.78, 5) is 26.5. The standard InChI is InChI=1S/C28H26N6O3S/c1-33(19-8-5-18(6-9-19)7-10-25(35)36)17-20-15-24-26(38-20)28(34-11-13-37-14-12-34)31-27(30-24)21-3-2-4-23-22(21)16-29-32-23/h2-10,15-16H,11-14,17H2,1H3,(H,29,32)(H,35,36)/b10-7+. The molecule has 0 atom stereocenters. The van der Waals surface area contributed by atoms with Crippen molar-refractivity contribution < 1.29 is 14.6 Å². The summed E-state index contributed by atoms with van der Waals surface area (Å²) in [6.07, 6.45) is 4.55. The zero-order valence-corrected chi connectivity index (χ0v) is 21.6. The Hall–Kier alpha value is -4.28. The predicted octanol–water partition coefficient (Wildman–Crippen LogP) is 4.81. The van der Waals surface area contributed by atoms with Crippen molar-refractivity contribution in [1.82, 2.24) is 20.2 Å². The molecule has 0 unspecified atom stereocenters. The van der Waals surface area contributed by atoms with E-state index in [9.17, 15) is 4.79 Å². The third-order valence-corrected chi connectivity index (χ3v) is 7.69. The molecule has 192 valence electrons. The van der Waals surface area contributed by atoms with Gasteiger partial charge < -0.3 is 19.6 Å². The molecule has 9 nitrogen and oxygen atoms in total. The van der Waals surface area contributed by atoms with Crippen LogP contribution < -0.4 is 9.80 Å². The number of H-pyrrole nitrogens is 1. The average molecular weight is 527 g/mol. The van der Waals surface area contributed by atoms with Gasteiger partial charge in [-0.3, -0.25) is 5.10 Å². The van der Waals surface area contributed by atoms with Gasteiger partial charge in [0.2, 0.25) is 0 Å². The molecule has 0 spiro atoms. The SMILES string of the molecule is CN(Cc1cc2nc(-c3cccc4[nH]ncc34)nc(N3CCOCC3)c2s1)c1ccc(/C=C/C(=O)O)cc1. The van der Waals surface area contributed by atoms with Crippen molar-refractivity contribution in [2.45, 2.75) is 6.54 Å². The largest absolute Gasteiger partial charge is 0.478 e. The second-order valence-electron chi connectivity index (χ2n) is 9.15. The lowest BCUT2D eigenvalue weighted by Crippen LogP contribution is -2.36. The third-order valence-electron chi connectivity index (χ3n) is 6.59. The smallest absolute Gasteiger partial charge is 0.328 e. The van der Waals surface area contributed by atoms with Crippen molar-refractivity contribution in [3.63, 3.8) is 0 Å². The molecule has 1 saturated heterocycles. The Bertz CT molecular complexity index is 1640. The van der Waals surface area contributed by atoms with Gasteiger partial charge >= 0.3 is 5.97 Å². The van der Waals surface area contributed by atoms with E-state index in [1.54, 1.807) is 17.4 Å². The highest BCUT2D eigenvalue weighted by molar-refractivity contribution is 7.19. The van der Waals surface area contributed by atoms with Crippen molar-refractivity contribution in [2.24, 2.45) is 0 Å². The van der Waals surface area contributed by atoms with Gasteiger partial charge in [-0.2, -0.15) is 5.10 Å². The van der Waals surface area contributed by atoms with Gasteiger partial charge in [0.15, 0.2) is 11.6 Å². The molecule has 6 rings (SSSR count). The highest BCUT2D eigenvalue weighted by Gasteiger charge is 2.21. The lowest BCUT2D eigenvalue weighted by atomic mass is 10.1. The van der Waals surface area contributed by atoms with E-state index in [0.717, 1.165) is 62.9 Å². The van der Waals surface area contributed by atoms with Gasteiger partial charge in [-0.15, -0.1) is 11.3 Å². The summed E-state index contributed by atoms with van der Waals surface area (Å²) >= 11 is 1.72. The van der Waals surface area contributed by atoms with Crippen LogP contribution in [0.4, 0.5) is 11.5 Å². The summed E-state index contributed by atoms with van der Waals surface area (Å²) in [5, 5.41) is 17.1. The highest BCUT2D eigenvalue weighted by Crippen LogP contribution is 2.36. The van der Waals surface area contributed by atoms with Crippen molar-refractivity contribution in [1.29, 1.82) is 0 Å². The lowest BCUT2D eigenvalue weighted by molar-refractivity contribution is -0.131. The van der Waals surface area contributed by atoms with E-state index in [2.05, 4.69) is 26.1 Å². The Morgan fingerprint density at radius 1 is 1.18 bits per heavy atom. The van der Waals surface area contributed by atoms with Crippen molar-refractivity contribution in [3.8, 4) is 11.4 Å². The zero-order valence-electron chi connectivity index (χ0n) is 20.8. The fraction of sp³-hybridized carbons (Fsp3) is 0.214. The Morgan fingerprint density at radius 2 is 2.00 bits per heavy atom. The number of fused-ring (bicyclic) bond motifs is 2. The number of benzene rings is 2. The minimum Gasteiger partial charge on any atom is -0.478 e. The van der Waals surface area contributed by atoms with Crippen molar-refractivity contribution in [2.75, 3.05) is 43.2 Å². The molecule has 5 aromatic rings. The van der Waals surface area contributed by atoms with E-state index < -0.39 is 5.97 Å². The normalized spacial score (nSPS) is 14.1. The number of aromatic amines is 1. The van der Waals surface area contributed by atoms with Crippen LogP contribution >= 0.6 is 11.3 Å². The van der Waals surface area contributed by atoms with Gasteiger partial charge in [0.05, 0.1) is 41.7 Å². The minimum atomic E-state index is -0.958. The fourth-order valence-electron chi connectivity index (χ4n) is 4.65. The van der Waals surface area contributed by atoms with Crippen molar-refractivity contribution >= 4 is 56.0 Å². The molecule has 0 radical (unpaired) electrons. The Morgan fingerprint density at radius 3 is 2.79 bits per heavy atom. The van der Waals surface area contributed by atoms with Gasteiger partial charge in [-0.1, -0.05) is 24.3 Å². The Kier molecular flexibility index (Phi) is 6.48. The third kappa shape index (κ3) is 4.83. The molecule has 4 heterocycles. The van der Waals surface area contributed by atoms with Crippen LogP contribution in [0.1, 0.15) is 10.4 Å². The van der Waals surface area contributed by atoms with Crippen molar-refractivity contribution in [3.05, 3.63) is 71.2 Å². The fourth-order valence-corrected chi connectivity index (χ4v) is 5.81. The summed E-state index contributed by atoms with van der Waals surface area (Å²) in [6, 6.07) is 16.0. The first-order valence-electron chi connectivity index (χ1n) is 12.3. The Labute approximate surface area is 223 Å². The van der Waals surface area contributed by atoms with Gasteiger partial charge in [-0.05, 0) is 35.9 Å². The molecule has 0 saturated carbocycles. The minimum absolute atomic E-state index is 0.677. The first kappa shape index (κ1) is 24.1. The van der Waals surface area contributed by atoms with Crippen LogP contribution in [0.25, 0.3) is 38.6 Å². The molecule has 38 heavy (non-hydrogen) atoms. The number of anilines is 2. The number of morpholine rings is 1. The maximum atomic E-state index is 10.8. The molecular weight excluding hydrogens is 500 g/mol. The van der Waals surface area contributed by atoms with Gasteiger partial charge in [0.25, 0.3) is 0 Å². The van der Waals surface area contributed by atoms with Crippen LogP contribution in [-0.2, 0) is 16.1 Å². The maximum Gasteiger partial charge on any atom is 0.328 e. The average Bonchev–Trinajstić information content (AvgIpc) is 3.58. The van der Waals surface area contributed by atoms with Crippen LogP contribution in [0.2, 0.25) is 0 Å². The molecule has 1 fully saturated rings. The molecule has 3 aromatic heterocycles. The summed E-state index contributed by atoms with van der Waals surface area (Å²) in [6.45, 7) is 3.64. The number of ether oxygens (including phenoxy) is 1. The topological polar surface area (TPSA) is 107 Å². The maximum absolute atomic E-state index is 10.8. The lowest BCUT2D eigenvalue weighted by Gasteiger charge is -2.28. The predicted molar refractivity (Wildman–Crippen MR) is 151 cm³/mol. The summed E-state index contributed by atoms with van der Waals surface area (Å²) < 4.78 is 6.68. The molecule has 0 aliphatic carbocycles. The number of nitrogens with one attached hydrogen (secondary N) is 1. The number of thiophene rings is 1. The molecule has 1 aliphatic heterocycles. The van der Waals surface area contributed by atoms with E-state index in [0.29, 0.717) is 25.6 Å². The molecule has 10 heteroatoms. The number of aromatic nitrogens is 4. The number of rotatable bonds is 7. The van der Waals surface area contributed by atoms with E-state index >= 15 is 0 Å². The molecular formula is C28H26N6O3S. The zero-order chi connectivity index (χ0) is 26.1. The van der Waals surface area contributed by atoms with Gasteiger partial charge in [0, 0.05) is 47.7 Å². The number of nitrogens with zero attached hydrogens (tertiary/aromatic N) is 5. The van der Waals surface area contributed by atoms with E-state index in [1.807, 2.05) is 55.7 Å². The highest BCUT2D eigenvalue weighted by atomic mass is 32.1. The van der Waals surface area contributed by atoms with Gasteiger partial charge in [0.1, 0.15) is 0 Å². The molecule has 1 aliphatic rings. The number of carboxylic acids is 1. The first-order chi connectivity index (χ1) is 18.5. The molecule has 2 N–H and O–H groups in total. The van der Waals surface area contributed by atoms with E-state index in [1.165, 1.54) is 4.88 Å². The number of carbonyl (C=O) groups is 1. The van der Waals surface area contributed by atoms with Crippen LogP contribution in [-0.4, -0.2) is 64.6 Å². The quantitative estimate of drug-likeness (QED) is 0.291.